The SMILES string of the molecule is O=C(COC(=O)CCC1CCCC1)NN1C(=O)NC2(CCCCC2)C1=O. The van der Waals surface area contributed by atoms with Crippen LogP contribution in [-0.2, 0) is 19.1 Å². The Morgan fingerprint density at radius 1 is 1.12 bits per heavy atom. The second-order valence-electron chi connectivity index (χ2n) is 7.60. The monoisotopic (exact) mass is 365 g/mol. The molecule has 3 aliphatic rings. The van der Waals surface area contributed by atoms with Crippen LogP contribution < -0.4 is 10.7 Å². The van der Waals surface area contributed by atoms with Crippen LogP contribution in [-0.4, -0.2) is 41.0 Å². The molecule has 1 saturated heterocycles. The summed E-state index contributed by atoms with van der Waals surface area (Å²) in [5, 5.41) is 3.43. The molecule has 8 nitrogen and oxygen atoms in total. The highest BCUT2D eigenvalue weighted by molar-refractivity contribution is 6.08. The predicted molar refractivity (Wildman–Crippen MR) is 91.5 cm³/mol. The molecule has 0 bridgehead atoms. The maximum atomic E-state index is 12.5. The van der Waals surface area contributed by atoms with Gasteiger partial charge in [0, 0.05) is 6.42 Å². The zero-order valence-electron chi connectivity index (χ0n) is 15.1. The van der Waals surface area contributed by atoms with Crippen molar-refractivity contribution in [3.8, 4) is 0 Å². The quantitative estimate of drug-likeness (QED) is 0.551. The summed E-state index contributed by atoms with van der Waals surface area (Å²) < 4.78 is 4.96. The van der Waals surface area contributed by atoms with Crippen molar-refractivity contribution in [1.29, 1.82) is 0 Å². The molecule has 0 atom stereocenters. The van der Waals surface area contributed by atoms with Crippen molar-refractivity contribution >= 4 is 23.8 Å². The van der Waals surface area contributed by atoms with Crippen LogP contribution >= 0.6 is 0 Å². The minimum Gasteiger partial charge on any atom is -0.455 e. The molecule has 1 heterocycles. The van der Waals surface area contributed by atoms with E-state index in [1.54, 1.807) is 0 Å². The molecule has 0 unspecified atom stereocenters. The van der Waals surface area contributed by atoms with Crippen LogP contribution in [0.5, 0.6) is 0 Å². The van der Waals surface area contributed by atoms with E-state index in [0.29, 0.717) is 25.2 Å². The minimum absolute atomic E-state index is 0.296. The summed E-state index contributed by atoms with van der Waals surface area (Å²) in [7, 11) is 0. The molecule has 0 aromatic heterocycles. The highest BCUT2D eigenvalue weighted by Crippen LogP contribution is 2.33. The first-order chi connectivity index (χ1) is 12.5. The number of imide groups is 1. The standard InChI is InChI=1S/C18H27N3O5/c22-14(12-26-15(23)9-8-13-6-2-3-7-13)20-21-16(24)18(19-17(21)25)10-4-1-5-11-18/h13H,1-12H2,(H,19,25)(H,20,22). The molecule has 0 radical (unpaired) electrons. The molecule has 2 N–H and O–H groups in total. The number of hydrogen-bond acceptors (Lipinski definition) is 5. The molecule has 0 aromatic carbocycles. The predicted octanol–water partition coefficient (Wildman–Crippen LogP) is 1.79. The van der Waals surface area contributed by atoms with Crippen LogP contribution in [0.15, 0.2) is 0 Å². The van der Waals surface area contributed by atoms with Crippen molar-refractivity contribution in [2.24, 2.45) is 5.92 Å². The lowest BCUT2D eigenvalue weighted by Crippen LogP contribution is -2.51. The van der Waals surface area contributed by atoms with Gasteiger partial charge >= 0.3 is 12.0 Å². The van der Waals surface area contributed by atoms with E-state index in [-0.39, 0.29) is 0 Å². The number of amides is 4. The molecule has 4 amide bonds. The molecule has 144 valence electrons. The van der Waals surface area contributed by atoms with Crippen molar-refractivity contribution in [3.63, 3.8) is 0 Å². The largest absolute Gasteiger partial charge is 0.455 e. The maximum Gasteiger partial charge on any atom is 0.344 e. The number of urea groups is 1. The Labute approximate surface area is 153 Å². The summed E-state index contributed by atoms with van der Waals surface area (Å²) in [6.07, 6.45) is 9.77. The second-order valence-corrected chi connectivity index (χ2v) is 7.60. The van der Waals surface area contributed by atoms with Gasteiger partial charge in [0.05, 0.1) is 0 Å². The van der Waals surface area contributed by atoms with Gasteiger partial charge in [0.2, 0.25) is 0 Å². The molecule has 1 aliphatic heterocycles. The fourth-order valence-corrected chi connectivity index (χ4v) is 4.21. The lowest BCUT2D eigenvalue weighted by molar-refractivity contribution is -0.151. The van der Waals surface area contributed by atoms with E-state index in [1.165, 1.54) is 12.8 Å². The smallest absolute Gasteiger partial charge is 0.344 e. The third-order valence-corrected chi connectivity index (χ3v) is 5.70. The number of esters is 1. The topological polar surface area (TPSA) is 105 Å². The Bertz CT molecular complexity index is 579. The van der Waals surface area contributed by atoms with Crippen LogP contribution in [0.25, 0.3) is 0 Å². The highest BCUT2D eigenvalue weighted by Gasteiger charge is 2.52. The van der Waals surface area contributed by atoms with E-state index in [0.717, 1.165) is 43.5 Å². The Kier molecular flexibility index (Phi) is 5.78. The van der Waals surface area contributed by atoms with Gasteiger partial charge in [-0.15, -0.1) is 0 Å². The third-order valence-electron chi connectivity index (χ3n) is 5.70. The number of rotatable bonds is 6. The summed E-state index contributed by atoms with van der Waals surface area (Å²) in [6.45, 7) is -0.493. The number of hydrogen-bond donors (Lipinski definition) is 2. The number of nitrogens with one attached hydrogen (secondary N) is 2. The number of nitrogens with zero attached hydrogens (tertiary/aromatic N) is 1. The van der Waals surface area contributed by atoms with Gasteiger partial charge in [0.1, 0.15) is 5.54 Å². The van der Waals surface area contributed by atoms with Gasteiger partial charge in [-0.05, 0) is 25.2 Å². The number of carbonyl (C=O) groups is 4. The van der Waals surface area contributed by atoms with Gasteiger partial charge in [-0.1, -0.05) is 44.9 Å². The van der Waals surface area contributed by atoms with Crippen LogP contribution in [0.1, 0.15) is 70.6 Å². The Morgan fingerprint density at radius 2 is 1.81 bits per heavy atom. The maximum absolute atomic E-state index is 12.5. The Morgan fingerprint density at radius 3 is 2.50 bits per heavy atom. The molecule has 2 aliphatic carbocycles. The summed E-state index contributed by atoms with van der Waals surface area (Å²) in [4.78, 5) is 48.3. The summed E-state index contributed by atoms with van der Waals surface area (Å²) >= 11 is 0. The van der Waals surface area contributed by atoms with E-state index in [2.05, 4.69) is 10.7 Å². The van der Waals surface area contributed by atoms with E-state index >= 15 is 0 Å². The average Bonchev–Trinajstić information content (AvgIpc) is 3.22. The lowest BCUT2D eigenvalue weighted by Gasteiger charge is -2.30. The minimum atomic E-state index is -0.888. The van der Waals surface area contributed by atoms with Crippen molar-refractivity contribution < 1.29 is 23.9 Å². The molecule has 2 saturated carbocycles. The Balaban J connectivity index is 1.42. The fraction of sp³-hybridized carbons (Fsp3) is 0.778. The Hall–Kier alpha value is -2.12. The molecule has 8 heteroatoms. The van der Waals surface area contributed by atoms with Crippen molar-refractivity contribution in [2.75, 3.05) is 6.61 Å². The van der Waals surface area contributed by atoms with E-state index in [9.17, 15) is 19.2 Å². The van der Waals surface area contributed by atoms with Crippen LogP contribution in [0.4, 0.5) is 4.79 Å². The van der Waals surface area contributed by atoms with Gasteiger partial charge in [-0.3, -0.25) is 19.8 Å². The van der Waals surface area contributed by atoms with Crippen molar-refractivity contribution in [1.82, 2.24) is 15.8 Å². The van der Waals surface area contributed by atoms with Gasteiger partial charge < -0.3 is 10.1 Å². The van der Waals surface area contributed by atoms with Crippen LogP contribution in [0.2, 0.25) is 0 Å². The van der Waals surface area contributed by atoms with E-state index in [4.69, 9.17) is 4.74 Å². The van der Waals surface area contributed by atoms with Gasteiger partial charge in [-0.25, -0.2) is 4.79 Å². The molecule has 3 fully saturated rings. The van der Waals surface area contributed by atoms with Crippen LogP contribution in [0.3, 0.4) is 0 Å². The van der Waals surface area contributed by atoms with E-state index in [1.807, 2.05) is 0 Å². The zero-order chi connectivity index (χ0) is 18.6. The van der Waals surface area contributed by atoms with E-state index < -0.39 is 36.0 Å². The molecule has 0 aromatic rings. The summed E-state index contributed by atoms with van der Waals surface area (Å²) in [5.74, 6) is -0.958. The molecular formula is C18H27N3O5. The molecular weight excluding hydrogens is 338 g/mol. The third kappa shape index (κ3) is 4.16. The fourth-order valence-electron chi connectivity index (χ4n) is 4.21. The van der Waals surface area contributed by atoms with Crippen molar-refractivity contribution in [3.05, 3.63) is 0 Å². The first-order valence-corrected chi connectivity index (χ1v) is 9.62. The number of hydrazine groups is 1. The van der Waals surface area contributed by atoms with Crippen molar-refractivity contribution in [2.45, 2.75) is 76.2 Å². The summed E-state index contributed by atoms with van der Waals surface area (Å²) in [5.41, 5.74) is 1.37. The van der Waals surface area contributed by atoms with Crippen LogP contribution in [0, 0.1) is 5.92 Å². The van der Waals surface area contributed by atoms with Gasteiger partial charge in [-0.2, -0.15) is 5.01 Å². The summed E-state index contributed by atoms with van der Waals surface area (Å²) in [6, 6.07) is -0.627. The zero-order valence-corrected chi connectivity index (χ0v) is 15.1. The van der Waals surface area contributed by atoms with Gasteiger partial charge in [0.15, 0.2) is 6.61 Å². The molecule has 26 heavy (non-hydrogen) atoms. The normalized spacial score (nSPS) is 22.5. The number of ether oxygens (including phenoxy) is 1. The average molecular weight is 365 g/mol. The molecule has 1 spiro atoms. The van der Waals surface area contributed by atoms with Gasteiger partial charge in [0.25, 0.3) is 11.8 Å². The highest BCUT2D eigenvalue weighted by atomic mass is 16.5. The molecule has 3 rings (SSSR count). The number of carbonyl (C=O) groups excluding carboxylic acids is 4. The lowest BCUT2D eigenvalue weighted by atomic mass is 9.82. The second kappa shape index (κ2) is 8.05. The first kappa shape index (κ1) is 18.7. The first-order valence-electron chi connectivity index (χ1n) is 9.62.